The molecule has 31 heavy (non-hydrogen) atoms. The highest BCUT2D eigenvalue weighted by Gasteiger charge is 2.35. The first-order valence-corrected chi connectivity index (χ1v) is 11.2. The topological polar surface area (TPSA) is 77.6 Å². The van der Waals surface area contributed by atoms with E-state index in [0.29, 0.717) is 17.8 Å². The maximum atomic E-state index is 12.7. The predicted octanol–water partition coefficient (Wildman–Crippen LogP) is 4.13. The van der Waals surface area contributed by atoms with Crippen molar-refractivity contribution in [3.05, 3.63) is 40.9 Å². The van der Waals surface area contributed by atoms with Crippen LogP contribution in [0.4, 0.5) is 0 Å². The van der Waals surface area contributed by atoms with Gasteiger partial charge in [0.2, 0.25) is 0 Å². The largest absolute Gasteiger partial charge is 0.452 e. The van der Waals surface area contributed by atoms with Crippen molar-refractivity contribution in [2.24, 2.45) is 5.92 Å². The van der Waals surface area contributed by atoms with Gasteiger partial charge in [0.25, 0.3) is 5.91 Å². The van der Waals surface area contributed by atoms with Gasteiger partial charge in [-0.15, -0.1) is 0 Å². The third kappa shape index (κ3) is 4.60. The molecule has 2 aliphatic rings. The molecule has 0 radical (unpaired) electrons. The van der Waals surface area contributed by atoms with E-state index in [1.807, 2.05) is 42.4 Å². The standard InChI is InChI=1S/C24H31N3O4/c1-16-13-20(18(3)27(16)22-14-17(2)31-25-22)10-11-24(29)30-15-23(28)26-12-6-8-19-7-4-5-9-21(19)26/h10-11,13-14,19,21H,4-9,12,15H2,1-3H3/b11-10+/t19-,21+/m0/s1. The first kappa shape index (κ1) is 21.4. The van der Waals surface area contributed by atoms with Crippen molar-refractivity contribution >= 4 is 18.0 Å². The monoisotopic (exact) mass is 425 g/mol. The molecule has 1 aliphatic carbocycles. The zero-order valence-corrected chi connectivity index (χ0v) is 18.6. The summed E-state index contributed by atoms with van der Waals surface area (Å²) in [4.78, 5) is 26.9. The van der Waals surface area contributed by atoms with Crippen LogP contribution in [0.1, 0.15) is 61.2 Å². The van der Waals surface area contributed by atoms with E-state index in [0.717, 1.165) is 42.1 Å². The Bertz CT molecular complexity index is 985. The molecular formula is C24H31N3O4. The van der Waals surface area contributed by atoms with Crippen molar-refractivity contribution in [2.75, 3.05) is 13.2 Å². The van der Waals surface area contributed by atoms with Gasteiger partial charge in [-0.05, 0) is 70.1 Å². The van der Waals surface area contributed by atoms with E-state index in [4.69, 9.17) is 9.26 Å². The van der Waals surface area contributed by atoms with Crippen LogP contribution in [0.2, 0.25) is 0 Å². The number of carbonyl (C=O) groups is 2. The summed E-state index contributed by atoms with van der Waals surface area (Å²) in [6.07, 6.45) is 10.1. The summed E-state index contributed by atoms with van der Waals surface area (Å²) in [5, 5.41) is 4.07. The Hall–Kier alpha value is -2.83. The highest BCUT2D eigenvalue weighted by molar-refractivity contribution is 5.89. The van der Waals surface area contributed by atoms with E-state index >= 15 is 0 Å². The SMILES string of the molecule is Cc1cc(-n2c(C)cc(/C=C/C(=O)OCC(=O)N3CCC[C@@H]4CCCC[C@H]43)c2C)no1. The van der Waals surface area contributed by atoms with Gasteiger partial charge in [0.05, 0.1) is 0 Å². The second-order valence-corrected chi connectivity index (χ2v) is 8.74. The first-order valence-electron chi connectivity index (χ1n) is 11.2. The number of amides is 1. The Morgan fingerprint density at radius 1 is 1.16 bits per heavy atom. The Kier molecular flexibility index (Phi) is 6.30. The Labute approximate surface area is 183 Å². The fourth-order valence-electron chi connectivity index (χ4n) is 5.12. The molecule has 0 bridgehead atoms. The molecule has 2 aromatic heterocycles. The fourth-order valence-corrected chi connectivity index (χ4v) is 5.12. The van der Waals surface area contributed by atoms with E-state index < -0.39 is 5.97 Å². The number of piperidine rings is 1. The van der Waals surface area contributed by atoms with Gasteiger partial charge in [-0.25, -0.2) is 4.79 Å². The van der Waals surface area contributed by atoms with Crippen LogP contribution < -0.4 is 0 Å². The van der Waals surface area contributed by atoms with Gasteiger partial charge in [-0.1, -0.05) is 18.0 Å². The maximum Gasteiger partial charge on any atom is 0.331 e. The van der Waals surface area contributed by atoms with Crippen molar-refractivity contribution < 1.29 is 18.8 Å². The summed E-state index contributed by atoms with van der Waals surface area (Å²) in [7, 11) is 0. The lowest BCUT2D eigenvalue weighted by Gasteiger charge is -2.44. The van der Waals surface area contributed by atoms with Gasteiger partial charge < -0.3 is 14.2 Å². The van der Waals surface area contributed by atoms with Crippen molar-refractivity contribution in [2.45, 2.75) is 65.3 Å². The van der Waals surface area contributed by atoms with Crippen LogP contribution in [-0.4, -0.2) is 45.7 Å². The molecule has 0 unspecified atom stereocenters. The molecule has 0 spiro atoms. The van der Waals surface area contributed by atoms with E-state index in [9.17, 15) is 9.59 Å². The first-order chi connectivity index (χ1) is 14.9. The number of aryl methyl sites for hydroxylation is 2. The molecule has 7 heteroatoms. The zero-order chi connectivity index (χ0) is 22.0. The van der Waals surface area contributed by atoms with Crippen molar-refractivity contribution in [1.82, 2.24) is 14.6 Å². The Morgan fingerprint density at radius 3 is 2.71 bits per heavy atom. The molecule has 2 atom stereocenters. The Morgan fingerprint density at radius 2 is 1.94 bits per heavy atom. The number of hydrogen-bond acceptors (Lipinski definition) is 5. The summed E-state index contributed by atoms with van der Waals surface area (Å²) < 4.78 is 12.4. The number of esters is 1. The number of hydrogen-bond donors (Lipinski definition) is 0. The minimum atomic E-state index is -0.507. The molecule has 3 heterocycles. The lowest BCUT2D eigenvalue weighted by molar-refractivity contribution is -0.151. The van der Waals surface area contributed by atoms with Crippen LogP contribution in [0, 0.1) is 26.7 Å². The third-order valence-corrected chi connectivity index (χ3v) is 6.62. The van der Waals surface area contributed by atoms with Crippen LogP contribution in [0.15, 0.2) is 22.7 Å². The van der Waals surface area contributed by atoms with Gasteiger partial charge in [0.1, 0.15) is 5.76 Å². The van der Waals surface area contributed by atoms with E-state index in [1.54, 1.807) is 6.08 Å². The van der Waals surface area contributed by atoms with Crippen LogP contribution in [-0.2, 0) is 14.3 Å². The van der Waals surface area contributed by atoms with Gasteiger partial charge in [-0.3, -0.25) is 9.36 Å². The number of nitrogens with zero attached hydrogens (tertiary/aromatic N) is 3. The molecule has 4 rings (SSSR count). The average Bonchev–Trinajstić information content (AvgIpc) is 3.31. The highest BCUT2D eigenvalue weighted by Crippen LogP contribution is 2.35. The third-order valence-electron chi connectivity index (χ3n) is 6.62. The molecule has 1 saturated heterocycles. The number of ether oxygens (including phenoxy) is 1. The van der Waals surface area contributed by atoms with Crippen molar-refractivity contribution in [1.29, 1.82) is 0 Å². The number of rotatable bonds is 5. The molecule has 7 nitrogen and oxygen atoms in total. The van der Waals surface area contributed by atoms with Crippen LogP contribution >= 0.6 is 0 Å². The second kappa shape index (κ2) is 9.12. The normalized spacial score (nSPS) is 21.3. The van der Waals surface area contributed by atoms with Crippen LogP contribution in [0.25, 0.3) is 11.9 Å². The molecule has 1 saturated carbocycles. The summed E-state index contributed by atoms with van der Waals surface area (Å²) >= 11 is 0. The predicted molar refractivity (Wildman–Crippen MR) is 117 cm³/mol. The molecule has 2 aromatic rings. The number of aromatic nitrogens is 2. The molecular weight excluding hydrogens is 394 g/mol. The van der Waals surface area contributed by atoms with E-state index in [1.165, 1.54) is 31.8 Å². The van der Waals surface area contributed by atoms with Crippen LogP contribution in [0.3, 0.4) is 0 Å². The Balaban J connectivity index is 1.35. The summed E-state index contributed by atoms with van der Waals surface area (Å²) in [5.74, 6) is 1.49. The molecule has 0 aromatic carbocycles. The summed E-state index contributed by atoms with van der Waals surface area (Å²) in [6, 6.07) is 4.17. The fraction of sp³-hybridized carbons (Fsp3) is 0.542. The second-order valence-electron chi connectivity index (χ2n) is 8.74. The quantitative estimate of drug-likeness (QED) is 0.532. The maximum absolute atomic E-state index is 12.7. The van der Waals surface area contributed by atoms with E-state index in [2.05, 4.69) is 5.16 Å². The minimum absolute atomic E-state index is 0.0714. The summed E-state index contributed by atoms with van der Waals surface area (Å²) in [6.45, 7) is 6.37. The average molecular weight is 426 g/mol. The highest BCUT2D eigenvalue weighted by atomic mass is 16.5. The molecule has 2 fully saturated rings. The van der Waals surface area contributed by atoms with Gasteiger partial charge in [0.15, 0.2) is 12.4 Å². The molecule has 166 valence electrons. The number of fused-ring (bicyclic) bond motifs is 1. The number of likely N-dealkylation sites (tertiary alicyclic amines) is 1. The van der Waals surface area contributed by atoms with Gasteiger partial charge in [-0.2, -0.15) is 0 Å². The van der Waals surface area contributed by atoms with Gasteiger partial charge >= 0.3 is 5.97 Å². The van der Waals surface area contributed by atoms with Crippen molar-refractivity contribution in [3.8, 4) is 5.82 Å². The molecule has 0 N–H and O–H groups in total. The minimum Gasteiger partial charge on any atom is -0.452 e. The van der Waals surface area contributed by atoms with Crippen LogP contribution in [0.5, 0.6) is 0 Å². The molecule has 1 amide bonds. The van der Waals surface area contributed by atoms with Gasteiger partial charge in [0, 0.05) is 36.1 Å². The molecule has 1 aliphatic heterocycles. The lowest BCUT2D eigenvalue weighted by atomic mass is 9.78. The zero-order valence-electron chi connectivity index (χ0n) is 18.6. The van der Waals surface area contributed by atoms with Crippen molar-refractivity contribution in [3.63, 3.8) is 0 Å². The lowest BCUT2D eigenvalue weighted by Crippen LogP contribution is -2.50. The smallest absolute Gasteiger partial charge is 0.331 e. The number of carbonyl (C=O) groups excluding carboxylic acids is 2. The van der Waals surface area contributed by atoms with E-state index in [-0.39, 0.29) is 12.5 Å². The summed E-state index contributed by atoms with van der Waals surface area (Å²) in [5.41, 5.74) is 2.83.